The maximum Gasteiger partial charge on any atom is 0.123 e. The van der Waals surface area contributed by atoms with Crippen LogP contribution in [0.3, 0.4) is 0 Å². The SMILES string of the molecule is CC1(C)[C@@H]2C[C@H]1[C@H](C=O)[C@@H]([Si](C)(C)c1ccccc1)C2. The summed E-state index contributed by atoms with van der Waals surface area (Å²) in [5, 5.41) is 1.51. The monoisotopic (exact) mass is 286 g/mol. The largest absolute Gasteiger partial charge is 0.303 e. The Labute approximate surface area is 123 Å². The summed E-state index contributed by atoms with van der Waals surface area (Å²) in [5.41, 5.74) is 1.02. The van der Waals surface area contributed by atoms with Crippen LogP contribution in [-0.2, 0) is 4.79 Å². The van der Waals surface area contributed by atoms with Gasteiger partial charge in [0.15, 0.2) is 0 Å². The molecule has 0 N–H and O–H groups in total. The molecular formula is C18H26OSi. The van der Waals surface area contributed by atoms with Crippen LogP contribution in [0.2, 0.25) is 18.6 Å². The van der Waals surface area contributed by atoms with Gasteiger partial charge in [0, 0.05) is 5.92 Å². The van der Waals surface area contributed by atoms with Gasteiger partial charge in [-0.05, 0) is 35.6 Å². The Morgan fingerprint density at radius 1 is 1.15 bits per heavy atom. The number of carbonyl (C=O) groups excluding carboxylic acids is 1. The standard InChI is InChI=1S/C18H26OSi/c1-18(2)13-10-16(18)15(12-19)17(11-13)20(3,4)14-8-6-5-7-9-14/h5-9,12-13,15-17H,10-11H2,1-4H3/t13-,15+,16+,17+/m1/s1. The summed E-state index contributed by atoms with van der Waals surface area (Å²) in [7, 11) is -1.57. The molecule has 0 unspecified atom stereocenters. The highest BCUT2D eigenvalue weighted by Crippen LogP contribution is 2.65. The van der Waals surface area contributed by atoms with Gasteiger partial charge in [0.05, 0.1) is 8.07 Å². The minimum Gasteiger partial charge on any atom is -0.303 e. The van der Waals surface area contributed by atoms with E-state index in [-0.39, 0.29) is 5.92 Å². The van der Waals surface area contributed by atoms with Crippen molar-refractivity contribution >= 4 is 19.5 Å². The lowest BCUT2D eigenvalue weighted by Crippen LogP contribution is -2.61. The van der Waals surface area contributed by atoms with Crippen LogP contribution in [0.1, 0.15) is 26.7 Å². The van der Waals surface area contributed by atoms with Crippen molar-refractivity contribution in [2.75, 3.05) is 0 Å². The molecule has 4 rings (SSSR count). The molecule has 3 aliphatic carbocycles. The fourth-order valence-corrected chi connectivity index (χ4v) is 8.53. The molecule has 1 nitrogen and oxygen atoms in total. The first-order valence-electron chi connectivity index (χ1n) is 7.90. The van der Waals surface area contributed by atoms with Crippen molar-refractivity contribution in [2.45, 2.75) is 45.3 Å². The fourth-order valence-electron chi connectivity index (χ4n) is 4.90. The number of carbonyl (C=O) groups is 1. The molecule has 3 aliphatic rings. The van der Waals surface area contributed by atoms with E-state index >= 15 is 0 Å². The van der Waals surface area contributed by atoms with Gasteiger partial charge in [-0.2, -0.15) is 0 Å². The van der Waals surface area contributed by atoms with Gasteiger partial charge in [-0.15, -0.1) is 0 Å². The van der Waals surface area contributed by atoms with E-state index in [2.05, 4.69) is 57.3 Å². The van der Waals surface area contributed by atoms with Gasteiger partial charge in [0.2, 0.25) is 0 Å². The van der Waals surface area contributed by atoms with Crippen molar-refractivity contribution in [1.82, 2.24) is 0 Å². The molecule has 0 aromatic heterocycles. The molecule has 0 spiro atoms. The van der Waals surface area contributed by atoms with E-state index in [0.717, 1.165) is 5.92 Å². The zero-order valence-electron chi connectivity index (χ0n) is 13.1. The molecule has 4 atom stereocenters. The number of hydrogen-bond acceptors (Lipinski definition) is 1. The molecule has 108 valence electrons. The highest BCUT2D eigenvalue weighted by Gasteiger charge is 2.60. The highest BCUT2D eigenvalue weighted by atomic mass is 28.3. The number of benzene rings is 1. The van der Waals surface area contributed by atoms with Crippen molar-refractivity contribution in [1.29, 1.82) is 0 Å². The number of aldehydes is 1. The van der Waals surface area contributed by atoms with Crippen LogP contribution in [0, 0.1) is 23.2 Å². The number of fused-ring (bicyclic) bond motifs is 2. The van der Waals surface area contributed by atoms with Crippen LogP contribution in [0.25, 0.3) is 0 Å². The summed E-state index contributed by atoms with van der Waals surface area (Å²) < 4.78 is 0. The van der Waals surface area contributed by atoms with E-state index < -0.39 is 8.07 Å². The highest BCUT2D eigenvalue weighted by molar-refractivity contribution is 6.91. The fraction of sp³-hybridized carbons (Fsp3) is 0.611. The van der Waals surface area contributed by atoms with Crippen molar-refractivity contribution in [3.63, 3.8) is 0 Å². The molecule has 1 aromatic carbocycles. The minimum atomic E-state index is -1.57. The molecule has 1 aromatic rings. The Kier molecular flexibility index (Phi) is 3.20. The second-order valence-electron chi connectivity index (χ2n) is 8.00. The molecule has 0 amide bonds. The summed E-state index contributed by atoms with van der Waals surface area (Å²) in [6, 6.07) is 10.9. The third-order valence-corrected chi connectivity index (χ3v) is 10.9. The summed E-state index contributed by atoms with van der Waals surface area (Å²) >= 11 is 0. The van der Waals surface area contributed by atoms with Gasteiger partial charge < -0.3 is 4.79 Å². The molecule has 3 saturated carbocycles. The quantitative estimate of drug-likeness (QED) is 0.609. The zero-order valence-corrected chi connectivity index (χ0v) is 14.1. The second kappa shape index (κ2) is 4.56. The molecule has 0 radical (unpaired) electrons. The Bertz CT molecular complexity index is 505. The van der Waals surface area contributed by atoms with E-state index in [0.29, 0.717) is 16.9 Å². The topological polar surface area (TPSA) is 17.1 Å². The lowest BCUT2D eigenvalue weighted by atomic mass is 9.45. The Morgan fingerprint density at radius 3 is 2.35 bits per heavy atom. The first-order chi connectivity index (χ1) is 9.39. The van der Waals surface area contributed by atoms with E-state index in [9.17, 15) is 4.79 Å². The predicted octanol–water partition coefficient (Wildman–Crippen LogP) is 3.85. The predicted molar refractivity (Wildman–Crippen MR) is 86.9 cm³/mol. The van der Waals surface area contributed by atoms with Gasteiger partial charge in [0.1, 0.15) is 6.29 Å². The van der Waals surface area contributed by atoms with Crippen LogP contribution in [0.4, 0.5) is 0 Å². The zero-order chi connectivity index (χ0) is 14.5. The summed E-state index contributed by atoms with van der Waals surface area (Å²) in [6.45, 7) is 9.66. The molecule has 0 heterocycles. The molecule has 2 heteroatoms. The number of rotatable bonds is 3. The van der Waals surface area contributed by atoms with Crippen LogP contribution in [-0.4, -0.2) is 14.4 Å². The maximum atomic E-state index is 11.8. The number of hydrogen-bond donors (Lipinski definition) is 0. The molecule has 0 saturated heterocycles. The van der Waals surface area contributed by atoms with Gasteiger partial charge in [0.25, 0.3) is 0 Å². The molecule has 3 fully saturated rings. The Hall–Kier alpha value is -0.893. The van der Waals surface area contributed by atoms with Crippen molar-refractivity contribution in [2.24, 2.45) is 23.2 Å². The van der Waals surface area contributed by atoms with Crippen LogP contribution < -0.4 is 5.19 Å². The summed E-state index contributed by atoms with van der Waals surface area (Å²) in [5.74, 6) is 1.75. The average Bonchev–Trinajstić information content (AvgIpc) is 2.47. The maximum absolute atomic E-state index is 11.8. The van der Waals surface area contributed by atoms with Crippen molar-refractivity contribution in [3.05, 3.63) is 30.3 Å². The summed E-state index contributed by atoms with van der Waals surface area (Å²) in [4.78, 5) is 11.8. The lowest BCUT2D eigenvalue weighted by molar-refractivity contribution is -0.135. The summed E-state index contributed by atoms with van der Waals surface area (Å²) in [6.07, 6.45) is 3.84. The van der Waals surface area contributed by atoms with Crippen molar-refractivity contribution in [3.8, 4) is 0 Å². The molecule has 20 heavy (non-hydrogen) atoms. The van der Waals surface area contributed by atoms with Gasteiger partial charge in [-0.1, -0.05) is 62.5 Å². The van der Waals surface area contributed by atoms with Gasteiger partial charge in [-0.3, -0.25) is 0 Å². The van der Waals surface area contributed by atoms with Crippen molar-refractivity contribution < 1.29 is 4.79 Å². The van der Waals surface area contributed by atoms with Gasteiger partial charge >= 0.3 is 0 Å². The first-order valence-corrected chi connectivity index (χ1v) is 11.0. The van der Waals surface area contributed by atoms with E-state index in [4.69, 9.17) is 0 Å². The van der Waals surface area contributed by atoms with E-state index in [1.807, 2.05) is 0 Å². The van der Waals surface area contributed by atoms with Crippen LogP contribution >= 0.6 is 0 Å². The molecule has 0 aliphatic heterocycles. The third kappa shape index (κ3) is 1.84. The first kappa shape index (κ1) is 14.1. The molecular weight excluding hydrogens is 260 g/mol. The minimum absolute atomic E-state index is 0.289. The Balaban J connectivity index is 1.93. The average molecular weight is 286 g/mol. The lowest BCUT2D eigenvalue weighted by Gasteiger charge is -2.63. The van der Waals surface area contributed by atoms with Crippen LogP contribution in [0.5, 0.6) is 0 Å². The third-order valence-electron chi connectivity index (χ3n) is 6.62. The smallest absolute Gasteiger partial charge is 0.123 e. The Morgan fingerprint density at radius 2 is 1.80 bits per heavy atom. The molecule has 2 bridgehead atoms. The van der Waals surface area contributed by atoms with Crippen LogP contribution in [0.15, 0.2) is 30.3 Å². The normalized spacial score (nSPS) is 35.2. The van der Waals surface area contributed by atoms with E-state index in [1.54, 1.807) is 0 Å². The van der Waals surface area contributed by atoms with E-state index in [1.165, 1.54) is 24.3 Å². The van der Waals surface area contributed by atoms with Gasteiger partial charge in [-0.25, -0.2) is 0 Å². The second-order valence-corrected chi connectivity index (χ2v) is 12.8.